The second-order valence-electron chi connectivity index (χ2n) is 7.23. The molecular weight excluding hydrogens is 485 g/mol. The number of rotatable bonds is 5. The lowest BCUT2D eigenvalue weighted by Gasteiger charge is -2.16. The molecule has 1 aliphatic heterocycles. The Morgan fingerprint density at radius 3 is 2.12 bits per heavy atom. The average Bonchev–Trinajstić information content (AvgIpc) is 2.98. The molecular formula is C24H16Cl3N3O3. The molecule has 3 amide bonds. The van der Waals surface area contributed by atoms with Crippen LogP contribution in [0, 0.1) is 6.92 Å². The summed E-state index contributed by atoms with van der Waals surface area (Å²) in [6, 6.07) is 18.2. The van der Waals surface area contributed by atoms with Gasteiger partial charge in [-0.05, 0) is 61.0 Å². The summed E-state index contributed by atoms with van der Waals surface area (Å²) in [6.45, 7) is 1.90. The van der Waals surface area contributed by atoms with Crippen molar-refractivity contribution in [2.45, 2.75) is 6.92 Å². The van der Waals surface area contributed by atoms with Gasteiger partial charge in [0.2, 0.25) is 0 Å². The summed E-state index contributed by atoms with van der Waals surface area (Å²) < 4.78 is 0. The molecule has 3 aromatic rings. The van der Waals surface area contributed by atoms with Crippen LogP contribution in [0.2, 0.25) is 10.0 Å². The number of imide groups is 1. The van der Waals surface area contributed by atoms with E-state index >= 15 is 0 Å². The Morgan fingerprint density at radius 2 is 1.48 bits per heavy atom. The molecule has 4 rings (SSSR count). The third kappa shape index (κ3) is 4.73. The highest BCUT2D eigenvalue weighted by molar-refractivity contribution is 6.53. The Labute approximate surface area is 204 Å². The van der Waals surface area contributed by atoms with Crippen LogP contribution in [0.25, 0.3) is 0 Å². The van der Waals surface area contributed by atoms with Gasteiger partial charge in [0.1, 0.15) is 10.7 Å². The molecule has 33 heavy (non-hydrogen) atoms. The van der Waals surface area contributed by atoms with E-state index < -0.39 is 11.8 Å². The summed E-state index contributed by atoms with van der Waals surface area (Å²) in [5.41, 5.74) is 2.68. The van der Waals surface area contributed by atoms with E-state index in [-0.39, 0.29) is 32.4 Å². The number of halogens is 3. The largest absolute Gasteiger partial charge is 0.350 e. The third-order valence-corrected chi connectivity index (χ3v) is 5.73. The van der Waals surface area contributed by atoms with E-state index in [1.807, 2.05) is 31.2 Å². The molecule has 0 unspecified atom stereocenters. The number of carbonyl (C=O) groups is 3. The highest BCUT2D eigenvalue weighted by atomic mass is 35.5. The SMILES string of the molecule is Cc1ccccc1NC(=O)c1ccc(NC2=C(Cl)C(=O)N(c3cc(Cl)cc(Cl)c3)C2=O)cc1. The molecule has 0 saturated carbocycles. The highest BCUT2D eigenvalue weighted by Gasteiger charge is 2.39. The first-order valence-corrected chi connectivity index (χ1v) is 10.9. The fourth-order valence-electron chi connectivity index (χ4n) is 3.27. The molecule has 2 N–H and O–H groups in total. The Kier molecular flexibility index (Phi) is 6.42. The van der Waals surface area contributed by atoms with Gasteiger partial charge in [0, 0.05) is 27.0 Å². The van der Waals surface area contributed by atoms with Crippen LogP contribution in [0.1, 0.15) is 15.9 Å². The predicted molar refractivity (Wildman–Crippen MR) is 131 cm³/mol. The van der Waals surface area contributed by atoms with E-state index in [0.717, 1.165) is 16.2 Å². The molecule has 3 aromatic carbocycles. The van der Waals surface area contributed by atoms with Gasteiger partial charge in [0.05, 0.1) is 5.69 Å². The molecule has 0 atom stereocenters. The fraction of sp³-hybridized carbons (Fsp3) is 0.0417. The summed E-state index contributed by atoms with van der Waals surface area (Å²) in [5.74, 6) is -1.62. The second kappa shape index (κ2) is 9.27. The van der Waals surface area contributed by atoms with Gasteiger partial charge < -0.3 is 10.6 Å². The lowest BCUT2D eigenvalue weighted by molar-refractivity contribution is -0.120. The molecule has 0 aliphatic carbocycles. The predicted octanol–water partition coefficient (Wildman–Crippen LogP) is 5.99. The van der Waals surface area contributed by atoms with Crippen molar-refractivity contribution in [1.29, 1.82) is 0 Å². The molecule has 9 heteroatoms. The van der Waals surface area contributed by atoms with Crippen molar-refractivity contribution in [1.82, 2.24) is 0 Å². The van der Waals surface area contributed by atoms with Crippen LogP contribution in [-0.4, -0.2) is 17.7 Å². The van der Waals surface area contributed by atoms with Crippen LogP contribution in [0.4, 0.5) is 17.1 Å². The summed E-state index contributed by atoms with van der Waals surface area (Å²) in [6.07, 6.45) is 0. The van der Waals surface area contributed by atoms with Crippen molar-refractivity contribution >= 4 is 69.6 Å². The number of aryl methyl sites for hydroxylation is 1. The van der Waals surface area contributed by atoms with Crippen LogP contribution in [0.5, 0.6) is 0 Å². The van der Waals surface area contributed by atoms with Crippen molar-refractivity contribution in [3.63, 3.8) is 0 Å². The highest BCUT2D eigenvalue weighted by Crippen LogP contribution is 2.33. The number of nitrogens with one attached hydrogen (secondary N) is 2. The molecule has 6 nitrogen and oxygen atoms in total. The smallest absolute Gasteiger partial charge is 0.283 e. The van der Waals surface area contributed by atoms with Gasteiger partial charge in [-0.3, -0.25) is 14.4 Å². The molecule has 0 aromatic heterocycles. The van der Waals surface area contributed by atoms with E-state index in [9.17, 15) is 14.4 Å². The lowest BCUT2D eigenvalue weighted by Crippen LogP contribution is -2.32. The first kappa shape index (κ1) is 22.9. The third-order valence-electron chi connectivity index (χ3n) is 4.94. The average molecular weight is 501 g/mol. The van der Waals surface area contributed by atoms with Crippen LogP contribution < -0.4 is 15.5 Å². The maximum Gasteiger partial charge on any atom is 0.283 e. The molecule has 1 heterocycles. The lowest BCUT2D eigenvalue weighted by atomic mass is 10.1. The fourth-order valence-corrected chi connectivity index (χ4v) is 4.00. The number of anilines is 3. The molecule has 0 spiro atoms. The zero-order valence-electron chi connectivity index (χ0n) is 17.2. The van der Waals surface area contributed by atoms with Crippen molar-refractivity contribution in [2.75, 3.05) is 15.5 Å². The van der Waals surface area contributed by atoms with Gasteiger partial charge in [-0.1, -0.05) is 53.0 Å². The Balaban J connectivity index is 1.50. The normalized spacial score (nSPS) is 13.5. The molecule has 0 radical (unpaired) electrons. The van der Waals surface area contributed by atoms with E-state index in [2.05, 4.69) is 10.6 Å². The number of para-hydroxylation sites is 1. The Morgan fingerprint density at radius 1 is 0.848 bits per heavy atom. The van der Waals surface area contributed by atoms with Crippen molar-refractivity contribution in [3.05, 3.63) is 98.6 Å². The number of hydrogen-bond donors (Lipinski definition) is 2. The minimum absolute atomic E-state index is 0.0881. The number of carbonyl (C=O) groups excluding carboxylic acids is 3. The molecule has 0 bridgehead atoms. The van der Waals surface area contributed by atoms with E-state index in [4.69, 9.17) is 34.8 Å². The first-order chi connectivity index (χ1) is 15.7. The maximum atomic E-state index is 12.9. The number of benzene rings is 3. The van der Waals surface area contributed by atoms with Crippen LogP contribution in [-0.2, 0) is 9.59 Å². The molecule has 166 valence electrons. The monoisotopic (exact) mass is 499 g/mol. The number of hydrogen-bond acceptors (Lipinski definition) is 4. The van der Waals surface area contributed by atoms with Crippen molar-refractivity contribution in [2.24, 2.45) is 0 Å². The van der Waals surface area contributed by atoms with Crippen molar-refractivity contribution < 1.29 is 14.4 Å². The van der Waals surface area contributed by atoms with E-state index in [0.29, 0.717) is 11.3 Å². The molecule has 0 saturated heterocycles. The summed E-state index contributed by atoms with van der Waals surface area (Å²) >= 11 is 18.2. The van der Waals surface area contributed by atoms with E-state index in [1.54, 1.807) is 24.3 Å². The Hall–Kier alpha value is -3.32. The summed E-state index contributed by atoms with van der Waals surface area (Å²) in [4.78, 5) is 39.0. The van der Waals surface area contributed by atoms with Gasteiger partial charge in [-0.2, -0.15) is 0 Å². The Bertz CT molecular complexity index is 1300. The van der Waals surface area contributed by atoms with Gasteiger partial charge in [-0.15, -0.1) is 0 Å². The van der Waals surface area contributed by atoms with Gasteiger partial charge >= 0.3 is 0 Å². The van der Waals surface area contributed by atoms with Gasteiger partial charge in [-0.25, -0.2) is 4.90 Å². The minimum Gasteiger partial charge on any atom is -0.350 e. The zero-order valence-corrected chi connectivity index (χ0v) is 19.4. The molecule has 0 fully saturated rings. The zero-order chi connectivity index (χ0) is 23.7. The summed E-state index contributed by atoms with van der Waals surface area (Å²) in [7, 11) is 0. The quantitative estimate of drug-likeness (QED) is 0.422. The standard InChI is InChI=1S/C24H16Cl3N3O3/c1-13-4-2-3-5-19(13)29-22(31)14-6-8-17(9-7-14)28-21-20(27)23(32)30(24(21)33)18-11-15(25)10-16(26)12-18/h2-12,28H,1H3,(H,29,31). The van der Waals surface area contributed by atoms with Crippen LogP contribution >= 0.6 is 34.8 Å². The number of nitrogens with zero attached hydrogens (tertiary/aromatic N) is 1. The topological polar surface area (TPSA) is 78.5 Å². The minimum atomic E-state index is -0.697. The second-order valence-corrected chi connectivity index (χ2v) is 8.48. The van der Waals surface area contributed by atoms with Crippen molar-refractivity contribution in [3.8, 4) is 0 Å². The maximum absolute atomic E-state index is 12.9. The number of amides is 3. The van der Waals surface area contributed by atoms with E-state index in [1.165, 1.54) is 18.2 Å². The van der Waals surface area contributed by atoms with Crippen LogP contribution in [0.3, 0.4) is 0 Å². The van der Waals surface area contributed by atoms with Crippen LogP contribution in [0.15, 0.2) is 77.5 Å². The summed E-state index contributed by atoms with van der Waals surface area (Å²) in [5, 5.41) is 6.00. The van der Waals surface area contributed by atoms with Gasteiger partial charge in [0.15, 0.2) is 0 Å². The molecule has 1 aliphatic rings. The van der Waals surface area contributed by atoms with Gasteiger partial charge in [0.25, 0.3) is 17.7 Å². The first-order valence-electron chi connectivity index (χ1n) is 9.73.